The van der Waals surface area contributed by atoms with Crippen LogP contribution in [0.5, 0.6) is 0 Å². The lowest BCUT2D eigenvalue weighted by Gasteiger charge is -2.23. The van der Waals surface area contributed by atoms with Crippen LogP contribution < -0.4 is 0 Å². The summed E-state index contributed by atoms with van der Waals surface area (Å²) in [5, 5.41) is 0. The molecule has 1 heterocycles. The molecule has 1 aliphatic heterocycles. The average molecular weight is 172 g/mol. The molecule has 2 nitrogen and oxygen atoms in total. The van der Waals surface area contributed by atoms with Crippen molar-refractivity contribution in [1.29, 1.82) is 0 Å². The van der Waals surface area contributed by atoms with E-state index in [0.717, 1.165) is 17.9 Å². The number of aliphatic imine (C=N–C) groups is 1. The molecule has 0 N–H and O–H groups in total. The fourth-order valence-electron chi connectivity index (χ4n) is 1.15. The second-order valence-electron chi connectivity index (χ2n) is 2.62. The molecule has 2 heteroatoms. The van der Waals surface area contributed by atoms with Crippen LogP contribution in [0.3, 0.4) is 0 Å². The molecule has 0 fully saturated rings. The van der Waals surface area contributed by atoms with Crippen molar-refractivity contribution in [3.8, 4) is 12.3 Å². The molecule has 0 aromatic rings. The molecule has 0 saturated carbocycles. The molecule has 0 amide bonds. The van der Waals surface area contributed by atoms with E-state index in [9.17, 15) is 0 Å². The minimum atomic E-state index is 0.755. The smallest absolute Gasteiger partial charge is 0.0631 e. The summed E-state index contributed by atoms with van der Waals surface area (Å²) in [4.78, 5) is 6.20. The molecule has 13 heavy (non-hydrogen) atoms. The highest BCUT2D eigenvalue weighted by Gasteiger charge is 2.08. The Bertz CT molecular complexity index is 326. The molecule has 1 rings (SSSR count). The highest BCUT2D eigenvalue weighted by atomic mass is 15.1. The van der Waals surface area contributed by atoms with E-state index in [-0.39, 0.29) is 0 Å². The minimum absolute atomic E-state index is 0.755. The summed E-state index contributed by atoms with van der Waals surface area (Å²) in [5.41, 5.74) is 1.97. The lowest BCUT2D eigenvalue weighted by atomic mass is 10.2. The fraction of sp³-hybridized carbons (Fsp3) is 0.182. The molecule has 0 aromatic heterocycles. The summed E-state index contributed by atoms with van der Waals surface area (Å²) in [6.07, 6.45) is 12.3. The summed E-state index contributed by atoms with van der Waals surface area (Å²) < 4.78 is 0. The largest absolute Gasteiger partial charge is 0.342 e. The second-order valence-corrected chi connectivity index (χ2v) is 2.62. The molecule has 1 aliphatic rings. The normalized spacial score (nSPS) is 16.5. The minimum Gasteiger partial charge on any atom is -0.342 e. The third-order valence-electron chi connectivity index (χ3n) is 1.80. The van der Waals surface area contributed by atoms with Crippen molar-refractivity contribution in [2.75, 3.05) is 6.54 Å². The van der Waals surface area contributed by atoms with Crippen LogP contribution in [0.1, 0.15) is 6.92 Å². The Hall–Kier alpha value is -1.75. The number of allylic oxidation sites excluding steroid dienone is 3. The Morgan fingerprint density at radius 2 is 2.54 bits per heavy atom. The summed E-state index contributed by atoms with van der Waals surface area (Å²) in [6.45, 7) is 6.42. The number of nitrogens with zero attached hydrogens (tertiary/aromatic N) is 2. The molecular weight excluding hydrogens is 160 g/mol. The van der Waals surface area contributed by atoms with Crippen LogP contribution in [0.4, 0.5) is 0 Å². The van der Waals surface area contributed by atoms with E-state index in [2.05, 4.69) is 17.5 Å². The van der Waals surface area contributed by atoms with Crippen molar-refractivity contribution >= 4 is 6.21 Å². The molecule has 0 aromatic carbocycles. The molecule has 0 radical (unpaired) electrons. The van der Waals surface area contributed by atoms with E-state index in [1.807, 2.05) is 24.1 Å². The van der Waals surface area contributed by atoms with Gasteiger partial charge in [0.2, 0.25) is 0 Å². The first-order valence-corrected chi connectivity index (χ1v) is 4.05. The van der Waals surface area contributed by atoms with Crippen molar-refractivity contribution in [2.24, 2.45) is 4.99 Å². The van der Waals surface area contributed by atoms with Crippen LogP contribution in [0, 0.1) is 12.3 Å². The predicted octanol–water partition coefficient (Wildman–Crippen LogP) is 1.94. The number of hydrogen-bond acceptors (Lipinski definition) is 2. The van der Waals surface area contributed by atoms with Crippen molar-refractivity contribution < 1.29 is 0 Å². The van der Waals surface area contributed by atoms with Crippen LogP contribution in [0.2, 0.25) is 0 Å². The first-order valence-electron chi connectivity index (χ1n) is 4.05. The zero-order valence-corrected chi connectivity index (χ0v) is 7.70. The van der Waals surface area contributed by atoms with Gasteiger partial charge < -0.3 is 4.90 Å². The average Bonchev–Trinajstić information content (AvgIpc) is 2.15. The fourth-order valence-corrected chi connectivity index (χ4v) is 1.15. The third kappa shape index (κ3) is 2.09. The van der Waals surface area contributed by atoms with Gasteiger partial charge >= 0.3 is 0 Å². The van der Waals surface area contributed by atoms with Gasteiger partial charge in [0.05, 0.1) is 17.9 Å². The van der Waals surface area contributed by atoms with Gasteiger partial charge in [-0.3, -0.25) is 4.99 Å². The van der Waals surface area contributed by atoms with E-state index in [0.29, 0.717) is 0 Å². The number of rotatable bonds is 2. The van der Waals surface area contributed by atoms with E-state index in [1.54, 1.807) is 12.3 Å². The van der Waals surface area contributed by atoms with Crippen LogP contribution in [-0.4, -0.2) is 17.7 Å². The second kappa shape index (κ2) is 4.32. The highest BCUT2D eigenvalue weighted by molar-refractivity contribution is 5.64. The molecule has 0 unspecified atom stereocenters. The van der Waals surface area contributed by atoms with Gasteiger partial charge in [0, 0.05) is 6.21 Å². The Kier molecular flexibility index (Phi) is 3.10. The van der Waals surface area contributed by atoms with E-state index in [1.165, 1.54) is 0 Å². The molecule has 66 valence electrons. The van der Waals surface area contributed by atoms with Crippen LogP contribution >= 0.6 is 0 Å². The van der Waals surface area contributed by atoms with Gasteiger partial charge in [0.1, 0.15) is 0 Å². The Morgan fingerprint density at radius 3 is 3.15 bits per heavy atom. The summed E-state index contributed by atoms with van der Waals surface area (Å²) in [5.74, 6) is 2.45. The highest BCUT2D eigenvalue weighted by Crippen LogP contribution is 2.15. The molecule has 0 aliphatic carbocycles. The standard InChI is InChI=1S/C11H12N2/c1-4-6-7-11-10(3)12-8-9-13(11)5-2/h1,5-8H,2,9H2,3H3/b7-6-. The Morgan fingerprint density at radius 1 is 1.77 bits per heavy atom. The first kappa shape index (κ1) is 9.34. The lowest BCUT2D eigenvalue weighted by molar-refractivity contribution is 0.538. The zero-order valence-electron chi connectivity index (χ0n) is 7.70. The monoisotopic (exact) mass is 172 g/mol. The van der Waals surface area contributed by atoms with E-state index < -0.39 is 0 Å². The van der Waals surface area contributed by atoms with Gasteiger partial charge in [-0.1, -0.05) is 12.5 Å². The SMILES string of the molecule is C#C/C=C\C1=C(C)N=CCN1C=C. The summed E-state index contributed by atoms with van der Waals surface area (Å²) in [7, 11) is 0. The zero-order chi connectivity index (χ0) is 9.68. The maximum absolute atomic E-state index is 5.14. The Labute approximate surface area is 79.0 Å². The van der Waals surface area contributed by atoms with Gasteiger partial charge in [0.15, 0.2) is 0 Å². The van der Waals surface area contributed by atoms with Gasteiger partial charge in [-0.2, -0.15) is 0 Å². The van der Waals surface area contributed by atoms with E-state index >= 15 is 0 Å². The topological polar surface area (TPSA) is 15.6 Å². The van der Waals surface area contributed by atoms with Gasteiger partial charge in [-0.25, -0.2) is 0 Å². The van der Waals surface area contributed by atoms with E-state index in [4.69, 9.17) is 6.42 Å². The van der Waals surface area contributed by atoms with Gasteiger partial charge in [0.25, 0.3) is 0 Å². The molecule has 0 atom stereocenters. The molecule has 0 saturated heterocycles. The maximum Gasteiger partial charge on any atom is 0.0631 e. The third-order valence-corrected chi connectivity index (χ3v) is 1.80. The first-order chi connectivity index (χ1) is 6.29. The molecule has 0 spiro atoms. The van der Waals surface area contributed by atoms with Crippen LogP contribution in [0.25, 0.3) is 0 Å². The Balaban J connectivity index is 2.97. The quantitative estimate of drug-likeness (QED) is 0.581. The summed E-state index contributed by atoms with van der Waals surface area (Å²) >= 11 is 0. The number of terminal acetylenes is 1. The van der Waals surface area contributed by atoms with Crippen molar-refractivity contribution in [2.45, 2.75) is 6.92 Å². The van der Waals surface area contributed by atoms with Crippen molar-refractivity contribution in [3.05, 3.63) is 36.3 Å². The maximum atomic E-state index is 5.14. The predicted molar refractivity (Wildman–Crippen MR) is 56.1 cm³/mol. The summed E-state index contributed by atoms with van der Waals surface area (Å²) in [6, 6.07) is 0. The number of hydrogen-bond donors (Lipinski definition) is 0. The molecular formula is C11H12N2. The lowest BCUT2D eigenvalue weighted by Crippen LogP contribution is -2.21. The van der Waals surface area contributed by atoms with Gasteiger partial charge in [-0.15, -0.1) is 6.42 Å². The van der Waals surface area contributed by atoms with Crippen molar-refractivity contribution in [1.82, 2.24) is 4.90 Å². The van der Waals surface area contributed by atoms with Crippen LogP contribution in [-0.2, 0) is 0 Å². The van der Waals surface area contributed by atoms with Crippen LogP contribution in [0.15, 0.2) is 41.3 Å². The molecule has 0 bridgehead atoms. The van der Waals surface area contributed by atoms with Gasteiger partial charge in [-0.05, 0) is 25.3 Å². The van der Waals surface area contributed by atoms with Crippen molar-refractivity contribution in [3.63, 3.8) is 0 Å².